The molecule has 0 atom stereocenters. The fourth-order valence-corrected chi connectivity index (χ4v) is 4.96. The highest BCUT2D eigenvalue weighted by Gasteiger charge is 2.46. The molecule has 0 bridgehead atoms. The maximum absolute atomic E-state index is 14.4. The van der Waals surface area contributed by atoms with Crippen molar-refractivity contribution in [3.63, 3.8) is 0 Å². The normalized spacial score (nSPS) is 22.4. The maximum Gasteiger partial charge on any atom is 0.248 e. The molecular formula is C24H21F5N2O. The van der Waals surface area contributed by atoms with E-state index in [4.69, 9.17) is 0 Å². The van der Waals surface area contributed by atoms with Crippen molar-refractivity contribution in [1.29, 1.82) is 0 Å². The topological polar surface area (TPSA) is 44.9 Å². The Bertz CT molecular complexity index is 1170. The SMILES string of the molecule is O=C(CC1CC(F)(F)C1)NC1CC(c2c(-c3ccc(F)cc3)[nH]c3c(F)cc(F)cc23)C1. The van der Waals surface area contributed by atoms with Gasteiger partial charge in [-0.1, -0.05) is 0 Å². The summed E-state index contributed by atoms with van der Waals surface area (Å²) in [5, 5.41) is 3.30. The number of fused-ring (bicyclic) bond motifs is 1. The van der Waals surface area contributed by atoms with E-state index in [1.165, 1.54) is 18.2 Å². The lowest BCUT2D eigenvalue weighted by molar-refractivity contribution is -0.134. The number of carbonyl (C=O) groups is 1. The summed E-state index contributed by atoms with van der Waals surface area (Å²) in [6.45, 7) is 0. The highest BCUT2D eigenvalue weighted by Crippen LogP contribution is 2.46. The molecule has 2 aliphatic rings. The second-order valence-electron chi connectivity index (χ2n) is 9.00. The first-order valence-corrected chi connectivity index (χ1v) is 10.6. The molecule has 5 rings (SSSR count). The van der Waals surface area contributed by atoms with Gasteiger partial charge in [-0.15, -0.1) is 0 Å². The predicted octanol–water partition coefficient (Wildman–Crippen LogP) is 6.05. The zero-order chi connectivity index (χ0) is 22.6. The minimum atomic E-state index is -2.65. The molecule has 0 aliphatic heterocycles. The molecule has 3 nitrogen and oxygen atoms in total. The quantitative estimate of drug-likeness (QED) is 0.459. The van der Waals surface area contributed by atoms with Crippen LogP contribution >= 0.6 is 0 Å². The van der Waals surface area contributed by atoms with E-state index < -0.39 is 23.4 Å². The van der Waals surface area contributed by atoms with Gasteiger partial charge in [0.15, 0.2) is 0 Å². The number of alkyl halides is 2. The first-order valence-electron chi connectivity index (χ1n) is 10.6. The number of H-pyrrole nitrogens is 1. The van der Waals surface area contributed by atoms with E-state index in [9.17, 15) is 26.7 Å². The predicted molar refractivity (Wildman–Crippen MR) is 110 cm³/mol. The first-order chi connectivity index (χ1) is 15.2. The third-order valence-corrected chi connectivity index (χ3v) is 6.56. The average molecular weight is 448 g/mol. The lowest BCUT2D eigenvalue weighted by Gasteiger charge is -2.38. The van der Waals surface area contributed by atoms with Crippen LogP contribution in [0.4, 0.5) is 22.0 Å². The van der Waals surface area contributed by atoms with E-state index in [0.29, 0.717) is 29.5 Å². The highest BCUT2D eigenvalue weighted by molar-refractivity contribution is 5.92. The van der Waals surface area contributed by atoms with E-state index in [0.717, 1.165) is 11.6 Å². The molecule has 1 heterocycles. The van der Waals surface area contributed by atoms with Crippen molar-refractivity contribution in [1.82, 2.24) is 10.3 Å². The summed E-state index contributed by atoms with van der Waals surface area (Å²) >= 11 is 0. The minimum Gasteiger partial charge on any atom is -0.353 e. The molecule has 8 heteroatoms. The third-order valence-electron chi connectivity index (χ3n) is 6.56. The lowest BCUT2D eigenvalue weighted by Crippen LogP contribution is -2.45. The monoisotopic (exact) mass is 448 g/mol. The highest BCUT2D eigenvalue weighted by atomic mass is 19.3. The minimum absolute atomic E-state index is 0.0664. The Morgan fingerprint density at radius 2 is 1.72 bits per heavy atom. The molecule has 2 saturated carbocycles. The molecule has 2 aromatic carbocycles. The molecule has 3 aromatic rings. The van der Waals surface area contributed by atoms with Gasteiger partial charge in [0.05, 0.1) is 11.2 Å². The van der Waals surface area contributed by atoms with Crippen molar-refractivity contribution in [3.05, 3.63) is 59.4 Å². The fourth-order valence-electron chi connectivity index (χ4n) is 4.96. The number of hydrogen-bond donors (Lipinski definition) is 2. The van der Waals surface area contributed by atoms with Gasteiger partial charge in [-0.05, 0) is 66.1 Å². The molecule has 1 aromatic heterocycles. The van der Waals surface area contributed by atoms with Crippen LogP contribution in [0.5, 0.6) is 0 Å². The van der Waals surface area contributed by atoms with E-state index in [1.807, 2.05) is 0 Å². The Labute approximate surface area is 181 Å². The summed E-state index contributed by atoms with van der Waals surface area (Å²) < 4.78 is 67.7. The van der Waals surface area contributed by atoms with Gasteiger partial charge < -0.3 is 10.3 Å². The fraction of sp³-hybridized carbons (Fsp3) is 0.375. The van der Waals surface area contributed by atoms with Gasteiger partial charge in [-0.25, -0.2) is 22.0 Å². The standard InChI is InChI=1S/C24H21F5N2O/c25-15-3-1-13(2-4-15)22-21(18-8-16(26)9-19(27)23(18)31-22)14-6-17(7-14)30-20(32)5-12-10-24(28,29)11-12/h1-4,8-9,12,14,17,31H,5-7,10-11H2,(H,30,32). The summed E-state index contributed by atoms with van der Waals surface area (Å²) in [6, 6.07) is 7.71. The molecular weight excluding hydrogens is 427 g/mol. The number of amides is 1. The van der Waals surface area contributed by atoms with Crippen molar-refractivity contribution in [2.75, 3.05) is 0 Å². The van der Waals surface area contributed by atoms with Gasteiger partial charge in [-0.3, -0.25) is 4.79 Å². The number of nitrogens with one attached hydrogen (secondary N) is 2. The van der Waals surface area contributed by atoms with Crippen LogP contribution in [-0.2, 0) is 4.79 Å². The van der Waals surface area contributed by atoms with Crippen molar-refractivity contribution in [3.8, 4) is 11.3 Å². The van der Waals surface area contributed by atoms with Crippen molar-refractivity contribution in [2.24, 2.45) is 5.92 Å². The molecule has 2 N–H and O–H groups in total. The molecule has 0 radical (unpaired) electrons. The third kappa shape index (κ3) is 3.87. The molecule has 0 saturated heterocycles. The van der Waals surface area contributed by atoms with Crippen LogP contribution < -0.4 is 5.32 Å². The van der Waals surface area contributed by atoms with Gasteiger partial charge >= 0.3 is 0 Å². The van der Waals surface area contributed by atoms with Gasteiger partial charge in [0.25, 0.3) is 0 Å². The Morgan fingerprint density at radius 1 is 1.03 bits per heavy atom. The van der Waals surface area contributed by atoms with Crippen LogP contribution in [0.25, 0.3) is 22.2 Å². The summed E-state index contributed by atoms with van der Waals surface area (Å²) in [4.78, 5) is 15.2. The van der Waals surface area contributed by atoms with Crippen LogP contribution in [0, 0.1) is 23.4 Å². The van der Waals surface area contributed by atoms with E-state index in [-0.39, 0.29) is 48.6 Å². The Morgan fingerprint density at radius 3 is 2.38 bits per heavy atom. The lowest BCUT2D eigenvalue weighted by atomic mass is 9.74. The zero-order valence-corrected chi connectivity index (χ0v) is 17.0. The Balaban J connectivity index is 1.35. The number of hydrogen-bond acceptors (Lipinski definition) is 1. The van der Waals surface area contributed by atoms with E-state index in [1.54, 1.807) is 12.1 Å². The maximum atomic E-state index is 14.4. The number of rotatable bonds is 5. The Kier molecular flexibility index (Phi) is 4.98. The van der Waals surface area contributed by atoms with Crippen LogP contribution in [0.3, 0.4) is 0 Å². The summed E-state index contributed by atoms with van der Waals surface area (Å²) in [5.41, 5.74) is 2.15. The number of carbonyl (C=O) groups excluding carboxylic acids is 1. The molecule has 2 aliphatic carbocycles. The van der Waals surface area contributed by atoms with E-state index in [2.05, 4.69) is 10.3 Å². The summed E-state index contributed by atoms with van der Waals surface area (Å²) in [7, 11) is 0. The number of halogens is 5. The van der Waals surface area contributed by atoms with Gasteiger partial charge in [0.2, 0.25) is 11.8 Å². The smallest absolute Gasteiger partial charge is 0.248 e. The number of aromatic amines is 1. The van der Waals surface area contributed by atoms with Crippen LogP contribution in [-0.4, -0.2) is 22.9 Å². The average Bonchev–Trinajstić information content (AvgIpc) is 3.02. The first kappa shape index (κ1) is 21.0. The zero-order valence-electron chi connectivity index (χ0n) is 17.0. The Hall–Kier alpha value is -2.90. The van der Waals surface area contributed by atoms with Crippen LogP contribution in [0.1, 0.15) is 43.6 Å². The van der Waals surface area contributed by atoms with Gasteiger partial charge in [0, 0.05) is 36.8 Å². The summed E-state index contributed by atoms with van der Waals surface area (Å²) in [5.74, 6) is -5.06. The molecule has 2 fully saturated rings. The largest absolute Gasteiger partial charge is 0.353 e. The van der Waals surface area contributed by atoms with E-state index >= 15 is 0 Å². The van der Waals surface area contributed by atoms with Crippen LogP contribution in [0.2, 0.25) is 0 Å². The van der Waals surface area contributed by atoms with Crippen LogP contribution in [0.15, 0.2) is 36.4 Å². The molecule has 32 heavy (non-hydrogen) atoms. The van der Waals surface area contributed by atoms with Gasteiger partial charge in [-0.2, -0.15) is 0 Å². The second kappa shape index (κ2) is 7.60. The second-order valence-corrected chi connectivity index (χ2v) is 9.00. The number of benzene rings is 2. The van der Waals surface area contributed by atoms with Gasteiger partial charge in [0.1, 0.15) is 17.5 Å². The number of aromatic nitrogens is 1. The molecule has 0 unspecified atom stereocenters. The molecule has 168 valence electrons. The molecule has 0 spiro atoms. The van der Waals surface area contributed by atoms with Crippen molar-refractivity contribution in [2.45, 2.75) is 50.0 Å². The molecule has 1 amide bonds. The summed E-state index contributed by atoms with van der Waals surface area (Å²) in [6.07, 6.45) is 0.710. The van der Waals surface area contributed by atoms with Crippen molar-refractivity contribution < 1.29 is 26.7 Å². The van der Waals surface area contributed by atoms with Crippen molar-refractivity contribution >= 4 is 16.8 Å².